The van der Waals surface area contributed by atoms with Crippen LogP contribution in [0, 0.1) is 0 Å². The van der Waals surface area contributed by atoms with Gasteiger partial charge >= 0.3 is 0 Å². The Hall–Kier alpha value is -1.75. The molecule has 0 bridgehead atoms. The summed E-state index contributed by atoms with van der Waals surface area (Å²) in [4.78, 5) is 14.4. The highest BCUT2D eigenvalue weighted by atomic mass is 35.5. The van der Waals surface area contributed by atoms with E-state index in [9.17, 15) is 9.90 Å². The van der Waals surface area contributed by atoms with Crippen LogP contribution in [-0.2, 0) is 6.42 Å². The molecule has 0 saturated carbocycles. The number of hydrogen-bond donors (Lipinski definition) is 2. The van der Waals surface area contributed by atoms with Crippen LogP contribution >= 0.6 is 23.2 Å². The number of aliphatic hydroxyl groups excluding tert-OH is 1. The first-order chi connectivity index (χ1) is 11.5. The van der Waals surface area contributed by atoms with Crippen molar-refractivity contribution in [1.29, 1.82) is 0 Å². The molecule has 6 heteroatoms. The van der Waals surface area contributed by atoms with Crippen molar-refractivity contribution in [1.82, 2.24) is 5.32 Å². The van der Waals surface area contributed by atoms with E-state index in [1.165, 1.54) is 17.3 Å². The molecule has 0 saturated heterocycles. The van der Waals surface area contributed by atoms with Crippen LogP contribution in [0.5, 0.6) is 0 Å². The number of nitrogens with one attached hydrogen (secondary N) is 1. The van der Waals surface area contributed by atoms with E-state index in [0.29, 0.717) is 10.6 Å². The molecule has 0 radical (unpaired) electrons. The number of rotatable bonds is 4. The molecule has 4 nitrogen and oxygen atoms in total. The number of amides is 1. The molecule has 1 unspecified atom stereocenters. The Balaban J connectivity index is 1.65. The van der Waals surface area contributed by atoms with Crippen LogP contribution in [0.2, 0.25) is 10.0 Å². The minimum Gasteiger partial charge on any atom is -0.387 e. The third-order valence-electron chi connectivity index (χ3n) is 4.25. The van der Waals surface area contributed by atoms with E-state index >= 15 is 0 Å². The first kappa shape index (κ1) is 17.1. The van der Waals surface area contributed by atoms with E-state index in [1.54, 1.807) is 12.1 Å². The molecule has 3 rings (SSSR count). The highest BCUT2D eigenvalue weighted by Gasteiger charge is 2.18. The predicted octanol–water partition coefficient (Wildman–Crippen LogP) is 3.45. The van der Waals surface area contributed by atoms with Gasteiger partial charge in [-0.05, 0) is 41.8 Å². The van der Waals surface area contributed by atoms with Gasteiger partial charge in [-0.3, -0.25) is 4.79 Å². The average molecular weight is 365 g/mol. The van der Waals surface area contributed by atoms with Crippen molar-refractivity contribution in [3.05, 3.63) is 63.1 Å². The summed E-state index contributed by atoms with van der Waals surface area (Å²) in [6.07, 6.45) is 0.204. The second kappa shape index (κ2) is 7.01. The molecular formula is C18H18Cl2N2O2. The monoisotopic (exact) mass is 364 g/mol. The van der Waals surface area contributed by atoms with E-state index in [-0.39, 0.29) is 17.5 Å². The predicted molar refractivity (Wildman–Crippen MR) is 97.2 cm³/mol. The molecule has 1 atom stereocenters. The highest BCUT2D eigenvalue weighted by molar-refractivity contribution is 6.36. The number of nitrogens with zero attached hydrogens (tertiary/aromatic N) is 1. The van der Waals surface area contributed by atoms with Gasteiger partial charge in [0.05, 0.1) is 16.7 Å². The van der Waals surface area contributed by atoms with Gasteiger partial charge in [-0.1, -0.05) is 35.3 Å². The minimum atomic E-state index is -0.767. The lowest BCUT2D eigenvalue weighted by Crippen LogP contribution is -2.28. The molecule has 0 aliphatic carbocycles. The van der Waals surface area contributed by atoms with Crippen LogP contribution in [0.3, 0.4) is 0 Å². The third kappa shape index (κ3) is 3.51. The summed E-state index contributed by atoms with van der Waals surface area (Å²) >= 11 is 11.8. The lowest BCUT2D eigenvalue weighted by atomic mass is 10.0. The Bertz CT molecular complexity index is 780. The third-order valence-corrected chi connectivity index (χ3v) is 4.80. The zero-order valence-corrected chi connectivity index (χ0v) is 14.7. The Morgan fingerprint density at radius 3 is 2.83 bits per heavy atom. The van der Waals surface area contributed by atoms with Gasteiger partial charge in [0.2, 0.25) is 0 Å². The number of aliphatic hydroxyl groups is 1. The molecule has 2 aromatic carbocycles. The summed E-state index contributed by atoms with van der Waals surface area (Å²) in [5, 5.41) is 13.8. The number of fused-ring (bicyclic) bond motifs is 1. The van der Waals surface area contributed by atoms with Crippen molar-refractivity contribution in [3.8, 4) is 0 Å². The van der Waals surface area contributed by atoms with Gasteiger partial charge < -0.3 is 15.3 Å². The molecular weight excluding hydrogens is 347 g/mol. The summed E-state index contributed by atoms with van der Waals surface area (Å²) in [6.45, 7) is 1.10. The summed E-state index contributed by atoms with van der Waals surface area (Å²) in [7, 11) is 2.05. The number of benzene rings is 2. The van der Waals surface area contributed by atoms with Crippen LogP contribution < -0.4 is 10.2 Å². The van der Waals surface area contributed by atoms with Crippen molar-refractivity contribution in [2.24, 2.45) is 0 Å². The highest BCUT2D eigenvalue weighted by Crippen LogP contribution is 2.29. The summed E-state index contributed by atoms with van der Waals surface area (Å²) < 4.78 is 0. The first-order valence-electron chi connectivity index (χ1n) is 7.71. The Morgan fingerprint density at radius 2 is 2.08 bits per heavy atom. The lowest BCUT2D eigenvalue weighted by Gasteiger charge is -2.16. The van der Waals surface area contributed by atoms with Crippen LogP contribution in [0.15, 0.2) is 36.4 Å². The maximum Gasteiger partial charge on any atom is 0.252 e. The van der Waals surface area contributed by atoms with Crippen molar-refractivity contribution >= 4 is 34.8 Å². The van der Waals surface area contributed by atoms with Gasteiger partial charge in [0.25, 0.3) is 5.91 Å². The standard InChI is InChI=1S/C18H18Cl2N2O2/c1-22-7-6-11-8-12(2-5-16(11)22)17(23)10-21-18(24)14-4-3-13(19)9-15(14)20/h2-5,8-9,17,23H,6-7,10H2,1H3,(H,21,24). The fraction of sp³-hybridized carbons (Fsp3) is 0.278. The number of carbonyl (C=O) groups is 1. The summed E-state index contributed by atoms with van der Waals surface area (Å²) in [6, 6.07) is 10.6. The topological polar surface area (TPSA) is 52.6 Å². The number of halogens is 2. The maximum atomic E-state index is 12.2. The van der Waals surface area contributed by atoms with Gasteiger partial charge in [-0.25, -0.2) is 0 Å². The molecule has 1 heterocycles. The molecule has 0 aromatic heterocycles. The molecule has 2 aromatic rings. The van der Waals surface area contributed by atoms with Crippen LogP contribution in [0.1, 0.15) is 27.6 Å². The largest absolute Gasteiger partial charge is 0.387 e. The Labute approximate surface area is 151 Å². The van der Waals surface area contributed by atoms with Crippen LogP contribution in [0.25, 0.3) is 0 Å². The number of likely N-dealkylation sites (N-methyl/N-ethyl adjacent to an activating group) is 1. The van der Waals surface area contributed by atoms with Crippen molar-refractivity contribution in [3.63, 3.8) is 0 Å². The van der Waals surface area contributed by atoms with E-state index in [1.807, 2.05) is 18.2 Å². The Kier molecular flexibility index (Phi) is 4.99. The van der Waals surface area contributed by atoms with E-state index in [0.717, 1.165) is 18.5 Å². The van der Waals surface area contributed by atoms with Crippen molar-refractivity contribution in [2.45, 2.75) is 12.5 Å². The quantitative estimate of drug-likeness (QED) is 0.873. The van der Waals surface area contributed by atoms with Gasteiger partial charge in [-0.15, -0.1) is 0 Å². The number of anilines is 1. The zero-order chi connectivity index (χ0) is 17.3. The average Bonchev–Trinajstić information content (AvgIpc) is 2.93. The molecule has 1 aliphatic rings. The molecule has 1 aliphatic heterocycles. The van der Waals surface area contributed by atoms with Crippen molar-refractivity contribution < 1.29 is 9.90 Å². The number of hydrogen-bond acceptors (Lipinski definition) is 3. The lowest BCUT2D eigenvalue weighted by molar-refractivity contribution is 0.0916. The number of carbonyl (C=O) groups excluding carboxylic acids is 1. The molecule has 1 amide bonds. The van der Waals surface area contributed by atoms with Gasteiger partial charge in [0.1, 0.15) is 0 Å². The SMILES string of the molecule is CN1CCc2cc(C(O)CNC(=O)c3ccc(Cl)cc3Cl)ccc21. The van der Waals surface area contributed by atoms with E-state index in [2.05, 4.69) is 17.3 Å². The summed E-state index contributed by atoms with van der Waals surface area (Å²) in [5.74, 6) is -0.336. The first-order valence-corrected chi connectivity index (χ1v) is 8.46. The molecule has 126 valence electrons. The Morgan fingerprint density at radius 1 is 1.29 bits per heavy atom. The minimum absolute atomic E-state index is 0.117. The van der Waals surface area contributed by atoms with Gasteiger partial charge in [0.15, 0.2) is 0 Å². The maximum absolute atomic E-state index is 12.2. The molecule has 24 heavy (non-hydrogen) atoms. The molecule has 0 fully saturated rings. The fourth-order valence-electron chi connectivity index (χ4n) is 2.87. The van der Waals surface area contributed by atoms with Crippen molar-refractivity contribution in [2.75, 3.05) is 25.0 Å². The van der Waals surface area contributed by atoms with E-state index < -0.39 is 6.10 Å². The zero-order valence-electron chi connectivity index (χ0n) is 13.2. The van der Waals surface area contributed by atoms with Crippen LogP contribution in [-0.4, -0.2) is 31.2 Å². The van der Waals surface area contributed by atoms with Gasteiger partial charge in [-0.2, -0.15) is 0 Å². The summed E-state index contributed by atoms with van der Waals surface area (Å²) in [5.41, 5.74) is 3.56. The van der Waals surface area contributed by atoms with Gasteiger partial charge in [0, 0.05) is 30.8 Å². The fourth-order valence-corrected chi connectivity index (χ4v) is 3.36. The smallest absolute Gasteiger partial charge is 0.252 e. The van der Waals surface area contributed by atoms with Crippen LogP contribution in [0.4, 0.5) is 5.69 Å². The second-order valence-electron chi connectivity index (χ2n) is 5.91. The molecule has 2 N–H and O–H groups in total. The second-order valence-corrected chi connectivity index (χ2v) is 6.75. The normalized spacial score (nSPS) is 14.4. The van der Waals surface area contributed by atoms with E-state index in [4.69, 9.17) is 23.2 Å². The molecule has 0 spiro atoms.